The van der Waals surface area contributed by atoms with Gasteiger partial charge in [0.1, 0.15) is 0 Å². The number of hydrogen-bond donors (Lipinski definition) is 2. The molecule has 1 rings (SSSR count). The highest BCUT2D eigenvalue weighted by molar-refractivity contribution is 5.56. The molecule has 0 fully saturated rings. The Morgan fingerprint density at radius 1 is 1.60 bits per heavy atom. The number of phenolic OH excluding ortho intramolecular Hbond substituents is 1. The first kappa shape index (κ1) is 11.5. The van der Waals surface area contributed by atoms with Gasteiger partial charge in [0.15, 0.2) is 5.75 Å². The molecule has 3 N–H and O–H groups in total. The van der Waals surface area contributed by atoms with Crippen molar-refractivity contribution < 1.29 is 10.0 Å². The Balaban J connectivity index is 3.34. The van der Waals surface area contributed by atoms with E-state index in [9.17, 15) is 15.2 Å². The number of aromatic hydroxyl groups is 1. The first-order chi connectivity index (χ1) is 6.99. The summed E-state index contributed by atoms with van der Waals surface area (Å²) in [5, 5.41) is 20.4. The molecule has 0 saturated carbocycles. The molecule has 0 aromatic heterocycles. The molecular weight excluding hydrogens is 196 g/mol. The van der Waals surface area contributed by atoms with E-state index >= 15 is 0 Å². The zero-order chi connectivity index (χ0) is 11.6. The van der Waals surface area contributed by atoms with Gasteiger partial charge in [-0.05, 0) is 13.3 Å². The summed E-state index contributed by atoms with van der Waals surface area (Å²) in [5.41, 5.74) is 6.34. The van der Waals surface area contributed by atoms with Crippen molar-refractivity contribution in [1.82, 2.24) is 0 Å². The monoisotopic (exact) mass is 210 g/mol. The topological polar surface area (TPSA) is 89.4 Å². The van der Waals surface area contributed by atoms with E-state index in [1.807, 2.05) is 6.92 Å². The van der Waals surface area contributed by atoms with Crippen molar-refractivity contribution in [2.45, 2.75) is 26.3 Å². The van der Waals surface area contributed by atoms with Crippen LogP contribution in [0.1, 0.15) is 30.5 Å². The highest BCUT2D eigenvalue weighted by Crippen LogP contribution is 2.36. The van der Waals surface area contributed by atoms with Crippen LogP contribution in [0.15, 0.2) is 12.1 Å². The Bertz CT molecular complexity index is 390. The largest absolute Gasteiger partial charge is 0.502 e. The summed E-state index contributed by atoms with van der Waals surface area (Å²) in [7, 11) is 0. The SMILES string of the molecule is CC[C@H](N)c1ccc(C)c([N+](=O)[O-])c1O. The first-order valence-corrected chi connectivity index (χ1v) is 4.71. The molecule has 0 aliphatic rings. The van der Waals surface area contributed by atoms with Gasteiger partial charge in [-0.3, -0.25) is 10.1 Å². The number of hydrogen-bond acceptors (Lipinski definition) is 4. The molecule has 0 unspecified atom stereocenters. The lowest BCUT2D eigenvalue weighted by Crippen LogP contribution is -2.09. The second-order valence-electron chi connectivity index (χ2n) is 3.44. The van der Waals surface area contributed by atoms with Gasteiger partial charge in [-0.25, -0.2) is 0 Å². The number of benzene rings is 1. The van der Waals surface area contributed by atoms with Gasteiger partial charge in [0.25, 0.3) is 0 Å². The first-order valence-electron chi connectivity index (χ1n) is 4.71. The minimum atomic E-state index is -0.587. The summed E-state index contributed by atoms with van der Waals surface area (Å²) in [6.07, 6.45) is 0.619. The highest BCUT2D eigenvalue weighted by atomic mass is 16.6. The van der Waals surface area contributed by atoms with E-state index in [-0.39, 0.29) is 17.5 Å². The lowest BCUT2D eigenvalue weighted by Gasteiger charge is -2.12. The standard InChI is InChI=1S/C10H14N2O3/c1-3-8(11)7-5-4-6(2)9(10(7)13)12(14)15/h4-5,8,13H,3,11H2,1-2H3/t8-/m0/s1. The summed E-state index contributed by atoms with van der Waals surface area (Å²) >= 11 is 0. The van der Waals surface area contributed by atoms with Crippen LogP contribution >= 0.6 is 0 Å². The van der Waals surface area contributed by atoms with Gasteiger partial charge >= 0.3 is 5.69 Å². The molecular formula is C10H14N2O3. The van der Waals surface area contributed by atoms with Crippen LogP contribution in [0.5, 0.6) is 5.75 Å². The molecule has 0 radical (unpaired) electrons. The van der Waals surface area contributed by atoms with E-state index < -0.39 is 4.92 Å². The van der Waals surface area contributed by atoms with Crippen LogP contribution in [0.2, 0.25) is 0 Å². The van der Waals surface area contributed by atoms with Gasteiger partial charge in [0.2, 0.25) is 0 Å². The summed E-state index contributed by atoms with van der Waals surface area (Å²) in [6, 6.07) is 2.86. The average Bonchev–Trinajstić information content (AvgIpc) is 2.16. The minimum Gasteiger partial charge on any atom is -0.502 e. The van der Waals surface area contributed by atoms with Crippen LogP contribution in [0.4, 0.5) is 5.69 Å². The number of rotatable bonds is 3. The fraction of sp³-hybridized carbons (Fsp3) is 0.400. The molecule has 0 saturated heterocycles. The molecule has 0 heterocycles. The van der Waals surface area contributed by atoms with Gasteiger partial charge < -0.3 is 10.8 Å². The van der Waals surface area contributed by atoms with E-state index in [4.69, 9.17) is 5.73 Å². The van der Waals surface area contributed by atoms with Crippen LogP contribution in [0.25, 0.3) is 0 Å². The van der Waals surface area contributed by atoms with Gasteiger partial charge in [-0.1, -0.05) is 19.1 Å². The van der Waals surface area contributed by atoms with E-state index in [0.717, 1.165) is 0 Å². The van der Waals surface area contributed by atoms with Gasteiger partial charge in [-0.2, -0.15) is 0 Å². The van der Waals surface area contributed by atoms with Gasteiger partial charge in [0.05, 0.1) is 4.92 Å². The quantitative estimate of drug-likeness (QED) is 0.590. The summed E-state index contributed by atoms with van der Waals surface area (Å²) < 4.78 is 0. The molecule has 0 spiro atoms. The molecule has 0 aliphatic carbocycles. The molecule has 1 atom stereocenters. The van der Waals surface area contributed by atoms with Crippen molar-refractivity contribution in [2.24, 2.45) is 5.73 Å². The Hall–Kier alpha value is -1.62. The van der Waals surface area contributed by atoms with Crippen molar-refractivity contribution in [3.05, 3.63) is 33.4 Å². The third-order valence-electron chi connectivity index (χ3n) is 2.41. The van der Waals surface area contributed by atoms with Gasteiger partial charge in [-0.15, -0.1) is 0 Å². The molecule has 1 aromatic carbocycles. The Morgan fingerprint density at radius 3 is 2.67 bits per heavy atom. The smallest absolute Gasteiger partial charge is 0.313 e. The van der Waals surface area contributed by atoms with Crippen molar-refractivity contribution in [3.63, 3.8) is 0 Å². The van der Waals surface area contributed by atoms with Crippen molar-refractivity contribution in [2.75, 3.05) is 0 Å². The molecule has 5 heteroatoms. The van der Waals surface area contributed by atoms with Crippen LogP contribution in [0.3, 0.4) is 0 Å². The molecule has 5 nitrogen and oxygen atoms in total. The summed E-state index contributed by atoms with van der Waals surface area (Å²) in [6.45, 7) is 3.44. The molecule has 82 valence electrons. The van der Waals surface area contributed by atoms with Crippen molar-refractivity contribution >= 4 is 5.69 Å². The normalized spacial score (nSPS) is 12.5. The van der Waals surface area contributed by atoms with E-state index in [1.165, 1.54) is 0 Å². The molecule has 0 amide bonds. The third kappa shape index (κ3) is 2.07. The molecule has 1 aromatic rings. The lowest BCUT2D eigenvalue weighted by molar-refractivity contribution is -0.386. The van der Waals surface area contributed by atoms with Crippen molar-refractivity contribution in [3.8, 4) is 5.75 Å². The minimum absolute atomic E-state index is 0.253. The highest BCUT2D eigenvalue weighted by Gasteiger charge is 2.22. The average molecular weight is 210 g/mol. The maximum absolute atomic E-state index is 10.7. The number of aryl methyl sites for hydroxylation is 1. The second kappa shape index (κ2) is 4.27. The number of nitro groups is 1. The Kier molecular flexibility index (Phi) is 3.26. The zero-order valence-electron chi connectivity index (χ0n) is 8.73. The van der Waals surface area contributed by atoms with E-state index in [1.54, 1.807) is 19.1 Å². The lowest BCUT2D eigenvalue weighted by atomic mass is 10.0. The predicted molar refractivity (Wildman–Crippen MR) is 56.7 cm³/mol. The maximum Gasteiger partial charge on any atom is 0.313 e. The fourth-order valence-electron chi connectivity index (χ4n) is 1.45. The fourth-order valence-corrected chi connectivity index (χ4v) is 1.45. The summed E-state index contributed by atoms with van der Waals surface area (Å²) in [4.78, 5) is 10.1. The molecule has 0 bridgehead atoms. The van der Waals surface area contributed by atoms with E-state index in [0.29, 0.717) is 17.5 Å². The van der Waals surface area contributed by atoms with Crippen molar-refractivity contribution in [1.29, 1.82) is 0 Å². The van der Waals surface area contributed by atoms with Crippen LogP contribution < -0.4 is 5.73 Å². The van der Waals surface area contributed by atoms with Crippen LogP contribution in [-0.2, 0) is 0 Å². The zero-order valence-corrected chi connectivity index (χ0v) is 8.73. The summed E-state index contributed by atoms with van der Waals surface area (Å²) in [5.74, 6) is -0.311. The van der Waals surface area contributed by atoms with Crippen LogP contribution in [0, 0.1) is 17.0 Å². The number of nitrogens with two attached hydrogens (primary N) is 1. The predicted octanol–water partition coefficient (Wildman–Crippen LogP) is 2.02. The molecule has 15 heavy (non-hydrogen) atoms. The Morgan fingerprint density at radius 2 is 2.20 bits per heavy atom. The molecule has 0 aliphatic heterocycles. The number of nitro benzene ring substituents is 1. The third-order valence-corrected chi connectivity index (χ3v) is 2.41. The van der Waals surface area contributed by atoms with E-state index in [2.05, 4.69) is 0 Å². The Labute approximate surface area is 87.7 Å². The number of phenols is 1. The second-order valence-corrected chi connectivity index (χ2v) is 3.44. The number of nitrogens with zero attached hydrogens (tertiary/aromatic N) is 1. The maximum atomic E-state index is 10.7. The van der Waals surface area contributed by atoms with Gasteiger partial charge in [0, 0.05) is 17.2 Å². The van der Waals surface area contributed by atoms with Crippen LogP contribution in [-0.4, -0.2) is 10.0 Å².